The maximum absolute atomic E-state index is 12.5. The van der Waals surface area contributed by atoms with Gasteiger partial charge in [0, 0.05) is 5.02 Å². The average Bonchev–Trinajstić information content (AvgIpc) is 2.37. The lowest BCUT2D eigenvalue weighted by atomic mass is 9.91. The lowest BCUT2D eigenvalue weighted by Crippen LogP contribution is -2.59. The van der Waals surface area contributed by atoms with Crippen molar-refractivity contribution in [1.82, 2.24) is 5.32 Å². The summed E-state index contributed by atoms with van der Waals surface area (Å²) in [6.45, 7) is 3.42. The molecule has 0 aromatic heterocycles. The number of nitriles is 1. The van der Waals surface area contributed by atoms with Crippen LogP contribution < -0.4 is 10.2 Å². The number of hydrogen-bond donors (Lipinski definition) is 1. The summed E-state index contributed by atoms with van der Waals surface area (Å²) in [5, 5.41) is 11.5. The van der Waals surface area contributed by atoms with Gasteiger partial charge >= 0.3 is 6.03 Å². The molecule has 7 heteroatoms. The summed E-state index contributed by atoms with van der Waals surface area (Å²) in [5.74, 6) is -2.54. The molecule has 1 saturated heterocycles. The molecule has 1 atom stereocenters. The average molecular weight is 306 g/mol. The van der Waals surface area contributed by atoms with Crippen LogP contribution >= 0.6 is 11.6 Å². The summed E-state index contributed by atoms with van der Waals surface area (Å²) in [6, 6.07) is 5.28. The SMILES string of the molecule is CC(C)C1C(=O)NC(=O)N(c2cc(Cl)ccc2C#N)C1=O. The van der Waals surface area contributed by atoms with Crippen molar-refractivity contribution in [2.75, 3.05) is 4.90 Å². The fourth-order valence-electron chi connectivity index (χ4n) is 2.19. The van der Waals surface area contributed by atoms with Crippen LogP contribution in [0, 0.1) is 23.2 Å². The van der Waals surface area contributed by atoms with Gasteiger partial charge in [-0.1, -0.05) is 25.4 Å². The van der Waals surface area contributed by atoms with E-state index in [1.807, 2.05) is 6.07 Å². The Bertz CT molecular complexity index is 679. The smallest absolute Gasteiger partial charge is 0.277 e. The van der Waals surface area contributed by atoms with Gasteiger partial charge in [0.15, 0.2) is 0 Å². The van der Waals surface area contributed by atoms with Gasteiger partial charge in [-0.3, -0.25) is 14.9 Å². The van der Waals surface area contributed by atoms with E-state index in [2.05, 4.69) is 5.32 Å². The van der Waals surface area contributed by atoms with Gasteiger partial charge in [-0.05, 0) is 24.1 Å². The molecular weight excluding hydrogens is 294 g/mol. The van der Waals surface area contributed by atoms with Crippen LogP contribution in [0.5, 0.6) is 0 Å². The summed E-state index contributed by atoms with van der Waals surface area (Å²) >= 11 is 5.87. The molecule has 6 nitrogen and oxygen atoms in total. The highest BCUT2D eigenvalue weighted by Gasteiger charge is 2.43. The number of benzene rings is 1. The molecule has 21 heavy (non-hydrogen) atoms. The minimum atomic E-state index is -0.978. The quantitative estimate of drug-likeness (QED) is 0.847. The molecule has 108 valence electrons. The molecule has 0 spiro atoms. The van der Waals surface area contributed by atoms with Gasteiger partial charge in [-0.2, -0.15) is 5.26 Å². The van der Waals surface area contributed by atoms with Crippen LogP contribution in [0.25, 0.3) is 0 Å². The van der Waals surface area contributed by atoms with Crippen molar-refractivity contribution in [3.8, 4) is 6.07 Å². The molecule has 1 aromatic carbocycles. The Morgan fingerprint density at radius 3 is 2.57 bits per heavy atom. The lowest BCUT2D eigenvalue weighted by molar-refractivity contribution is -0.136. The largest absolute Gasteiger partial charge is 0.335 e. The van der Waals surface area contributed by atoms with Crippen LogP contribution in [-0.2, 0) is 9.59 Å². The van der Waals surface area contributed by atoms with E-state index in [-0.39, 0.29) is 22.2 Å². The van der Waals surface area contributed by atoms with E-state index in [1.54, 1.807) is 13.8 Å². The molecule has 0 bridgehead atoms. The lowest BCUT2D eigenvalue weighted by Gasteiger charge is -2.32. The standard InChI is InChI=1S/C14H12ClN3O3/c1-7(2)11-12(19)17-14(21)18(13(11)20)10-5-9(15)4-3-8(10)6-16/h3-5,7,11H,1-2H3,(H,17,19,21). The number of carbonyl (C=O) groups excluding carboxylic acids is 3. The van der Waals surface area contributed by atoms with Crippen LogP contribution in [0.2, 0.25) is 5.02 Å². The van der Waals surface area contributed by atoms with Crippen LogP contribution in [-0.4, -0.2) is 17.8 Å². The van der Waals surface area contributed by atoms with Crippen LogP contribution in [0.4, 0.5) is 10.5 Å². The number of hydrogen-bond acceptors (Lipinski definition) is 4. The topological polar surface area (TPSA) is 90.3 Å². The van der Waals surface area contributed by atoms with E-state index < -0.39 is 23.8 Å². The van der Waals surface area contributed by atoms with E-state index in [4.69, 9.17) is 16.9 Å². The van der Waals surface area contributed by atoms with Gasteiger partial charge in [0.2, 0.25) is 11.8 Å². The maximum Gasteiger partial charge on any atom is 0.335 e. The molecule has 1 unspecified atom stereocenters. The van der Waals surface area contributed by atoms with Crippen molar-refractivity contribution < 1.29 is 14.4 Å². The molecule has 2 rings (SSSR count). The molecular formula is C14H12ClN3O3. The normalized spacial score (nSPS) is 18.7. The monoisotopic (exact) mass is 305 g/mol. The van der Waals surface area contributed by atoms with E-state index >= 15 is 0 Å². The molecule has 1 fully saturated rings. The van der Waals surface area contributed by atoms with Gasteiger partial charge < -0.3 is 0 Å². The zero-order valence-electron chi connectivity index (χ0n) is 11.4. The Morgan fingerprint density at radius 1 is 1.33 bits per heavy atom. The van der Waals surface area contributed by atoms with Crippen LogP contribution in [0.1, 0.15) is 19.4 Å². The van der Waals surface area contributed by atoms with Crippen molar-refractivity contribution in [2.45, 2.75) is 13.8 Å². The predicted molar refractivity (Wildman–Crippen MR) is 75.5 cm³/mol. The fraction of sp³-hybridized carbons (Fsp3) is 0.286. The van der Waals surface area contributed by atoms with E-state index in [0.29, 0.717) is 0 Å². The molecule has 1 aliphatic heterocycles. The third-order valence-electron chi connectivity index (χ3n) is 3.19. The molecule has 4 amide bonds. The first-order valence-electron chi connectivity index (χ1n) is 6.25. The van der Waals surface area contributed by atoms with Crippen LogP contribution in [0.3, 0.4) is 0 Å². The highest BCUT2D eigenvalue weighted by molar-refractivity contribution is 6.32. The third-order valence-corrected chi connectivity index (χ3v) is 3.43. The minimum absolute atomic E-state index is 0.0747. The number of carbonyl (C=O) groups is 3. The Labute approximate surface area is 126 Å². The number of urea groups is 1. The van der Waals surface area contributed by atoms with Gasteiger partial charge in [0.25, 0.3) is 0 Å². The molecule has 0 radical (unpaired) electrons. The number of nitrogens with zero attached hydrogens (tertiary/aromatic N) is 2. The number of amides is 4. The third kappa shape index (κ3) is 2.60. The minimum Gasteiger partial charge on any atom is -0.277 e. The van der Waals surface area contributed by atoms with Crippen molar-refractivity contribution in [1.29, 1.82) is 5.26 Å². The summed E-state index contributed by atoms with van der Waals surface area (Å²) in [6.07, 6.45) is 0. The Kier molecular flexibility index (Phi) is 3.96. The maximum atomic E-state index is 12.5. The summed E-state index contributed by atoms with van der Waals surface area (Å²) in [4.78, 5) is 37.0. The molecule has 1 N–H and O–H groups in total. The van der Waals surface area contributed by atoms with E-state index in [1.165, 1.54) is 18.2 Å². The van der Waals surface area contributed by atoms with E-state index in [0.717, 1.165) is 4.90 Å². The highest BCUT2D eigenvalue weighted by atomic mass is 35.5. The predicted octanol–water partition coefficient (Wildman–Crippen LogP) is 2.07. The first-order valence-corrected chi connectivity index (χ1v) is 6.63. The molecule has 1 aromatic rings. The second kappa shape index (κ2) is 5.54. The van der Waals surface area contributed by atoms with Crippen molar-refractivity contribution >= 4 is 35.1 Å². The zero-order chi connectivity index (χ0) is 15.7. The molecule has 0 saturated carbocycles. The first kappa shape index (κ1) is 15.0. The Balaban J connectivity index is 2.55. The number of rotatable bonds is 2. The number of halogens is 1. The van der Waals surface area contributed by atoms with Gasteiger partial charge in [-0.25, -0.2) is 9.69 Å². The van der Waals surface area contributed by atoms with Crippen molar-refractivity contribution in [2.24, 2.45) is 11.8 Å². The summed E-state index contributed by atoms with van der Waals surface area (Å²) < 4.78 is 0. The molecule has 1 heterocycles. The zero-order valence-corrected chi connectivity index (χ0v) is 12.1. The number of barbiturate groups is 1. The number of anilines is 1. The molecule has 1 aliphatic rings. The summed E-state index contributed by atoms with van der Waals surface area (Å²) in [7, 11) is 0. The van der Waals surface area contributed by atoms with Gasteiger partial charge in [0.1, 0.15) is 12.0 Å². The summed E-state index contributed by atoms with van der Waals surface area (Å²) in [5.41, 5.74) is 0.199. The first-order chi connectivity index (χ1) is 9.86. The van der Waals surface area contributed by atoms with Gasteiger partial charge in [-0.15, -0.1) is 0 Å². The van der Waals surface area contributed by atoms with Crippen molar-refractivity contribution in [3.05, 3.63) is 28.8 Å². The van der Waals surface area contributed by atoms with E-state index in [9.17, 15) is 14.4 Å². The highest BCUT2D eigenvalue weighted by Crippen LogP contribution is 2.29. The number of imide groups is 2. The molecule has 0 aliphatic carbocycles. The Morgan fingerprint density at radius 2 is 2.00 bits per heavy atom. The fourth-order valence-corrected chi connectivity index (χ4v) is 2.36. The second-order valence-electron chi connectivity index (χ2n) is 4.96. The van der Waals surface area contributed by atoms with Crippen molar-refractivity contribution in [3.63, 3.8) is 0 Å². The second-order valence-corrected chi connectivity index (χ2v) is 5.40. The Hall–Kier alpha value is -2.39. The van der Waals surface area contributed by atoms with Crippen LogP contribution in [0.15, 0.2) is 18.2 Å². The van der Waals surface area contributed by atoms with Gasteiger partial charge in [0.05, 0.1) is 11.3 Å². The number of nitrogens with one attached hydrogen (secondary N) is 1.